The van der Waals surface area contributed by atoms with Gasteiger partial charge >= 0.3 is 6.03 Å². The lowest BCUT2D eigenvalue weighted by molar-refractivity contribution is 0.249. The summed E-state index contributed by atoms with van der Waals surface area (Å²) in [4.78, 5) is 10.4. The van der Waals surface area contributed by atoms with Crippen molar-refractivity contribution in [3.63, 3.8) is 0 Å². The van der Waals surface area contributed by atoms with E-state index in [0.717, 1.165) is 24.5 Å². The highest BCUT2D eigenvalue weighted by Gasteiger charge is 2.15. The second-order valence-electron chi connectivity index (χ2n) is 3.51. The fraction of sp³-hybridized carbons (Fsp3) is 0.778. The number of hydrogen-bond acceptors (Lipinski definition) is 2. The lowest BCUT2D eigenvalue weighted by Crippen LogP contribution is -2.26. The Morgan fingerprint density at radius 3 is 2.69 bits per heavy atom. The lowest BCUT2D eigenvalue weighted by atomic mass is 9.86. The molecule has 1 aliphatic rings. The number of hydrogen-bond donors (Lipinski definition) is 2. The van der Waals surface area contributed by atoms with Gasteiger partial charge in [0.1, 0.15) is 0 Å². The van der Waals surface area contributed by atoms with Gasteiger partial charge in [0.2, 0.25) is 0 Å². The number of urea groups is 1. The molecular weight excluding hydrogens is 166 g/mol. The van der Waals surface area contributed by atoms with Crippen molar-refractivity contribution in [3.8, 4) is 0 Å². The van der Waals surface area contributed by atoms with Gasteiger partial charge in [-0.3, -0.25) is 0 Å². The molecule has 0 unspecified atom stereocenters. The number of carbonyl (C=O) groups is 1. The van der Waals surface area contributed by atoms with Crippen molar-refractivity contribution in [2.75, 3.05) is 0 Å². The Bertz CT molecular complexity index is 203. The van der Waals surface area contributed by atoms with Crippen LogP contribution in [-0.2, 0) is 0 Å². The first-order valence-corrected chi connectivity index (χ1v) is 4.83. The van der Waals surface area contributed by atoms with Gasteiger partial charge < -0.3 is 5.73 Å². The largest absolute Gasteiger partial charge is 0.350 e. The van der Waals surface area contributed by atoms with E-state index < -0.39 is 6.03 Å². The van der Waals surface area contributed by atoms with Gasteiger partial charge in [0.25, 0.3) is 0 Å². The monoisotopic (exact) mass is 183 g/mol. The molecule has 0 radical (unpaired) electrons. The van der Waals surface area contributed by atoms with Gasteiger partial charge in [-0.2, -0.15) is 5.10 Å². The highest BCUT2D eigenvalue weighted by molar-refractivity contribution is 5.86. The highest BCUT2D eigenvalue weighted by atomic mass is 16.2. The topological polar surface area (TPSA) is 67.5 Å². The Labute approximate surface area is 78.6 Å². The Morgan fingerprint density at radius 2 is 2.23 bits per heavy atom. The lowest BCUT2D eigenvalue weighted by Gasteiger charge is -2.21. The maximum absolute atomic E-state index is 10.4. The molecule has 0 bridgehead atoms. The quantitative estimate of drug-likeness (QED) is 0.627. The molecule has 3 N–H and O–H groups in total. The molecule has 0 aromatic rings. The summed E-state index contributed by atoms with van der Waals surface area (Å²) in [5.41, 5.74) is 8.25. The Morgan fingerprint density at radius 1 is 1.62 bits per heavy atom. The Kier molecular flexibility index (Phi) is 3.73. The molecule has 2 amide bonds. The van der Waals surface area contributed by atoms with E-state index >= 15 is 0 Å². The average molecular weight is 183 g/mol. The molecule has 4 nitrogen and oxygen atoms in total. The van der Waals surface area contributed by atoms with Crippen LogP contribution in [-0.4, -0.2) is 11.7 Å². The summed E-state index contributed by atoms with van der Waals surface area (Å²) in [5, 5.41) is 3.94. The second-order valence-corrected chi connectivity index (χ2v) is 3.51. The zero-order chi connectivity index (χ0) is 9.68. The van der Waals surface area contributed by atoms with Crippen LogP contribution in [0.1, 0.15) is 39.0 Å². The van der Waals surface area contributed by atoms with Crippen LogP contribution in [0, 0.1) is 5.92 Å². The molecule has 0 atom stereocenters. The summed E-state index contributed by atoms with van der Waals surface area (Å²) >= 11 is 0. The van der Waals surface area contributed by atoms with Crippen molar-refractivity contribution >= 4 is 11.7 Å². The summed E-state index contributed by atoms with van der Waals surface area (Å²) in [7, 11) is 0. The summed E-state index contributed by atoms with van der Waals surface area (Å²) in [6.45, 7) is 2.22. The van der Waals surface area contributed by atoms with E-state index in [0.29, 0.717) is 0 Å². The number of carbonyl (C=O) groups excluding carboxylic acids is 1. The summed E-state index contributed by atoms with van der Waals surface area (Å²) in [6, 6.07) is -0.579. The zero-order valence-corrected chi connectivity index (χ0v) is 8.05. The van der Waals surface area contributed by atoms with Gasteiger partial charge in [0.15, 0.2) is 0 Å². The van der Waals surface area contributed by atoms with Crippen molar-refractivity contribution in [2.24, 2.45) is 16.8 Å². The minimum absolute atomic E-state index is 0.579. The maximum atomic E-state index is 10.4. The number of nitrogens with zero attached hydrogens (tertiary/aromatic N) is 1. The van der Waals surface area contributed by atoms with E-state index in [1.807, 2.05) is 0 Å². The molecule has 0 saturated heterocycles. The minimum Gasteiger partial charge on any atom is -0.350 e. The van der Waals surface area contributed by atoms with Crippen LogP contribution in [0.2, 0.25) is 0 Å². The molecular formula is C9H17N3O. The molecule has 1 aliphatic carbocycles. The first-order valence-electron chi connectivity index (χ1n) is 4.83. The van der Waals surface area contributed by atoms with E-state index in [2.05, 4.69) is 17.5 Å². The zero-order valence-electron chi connectivity index (χ0n) is 8.05. The van der Waals surface area contributed by atoms with Crippen LogP contribution in [0.5, 0.6) is 0 Å². The van der Waals surface area contributed by atoms with Crippen LogP contribution in [0.15, 0.2) is 5.10 Å². The highest BCUT2D eigenvalue weighted by Crippen LogP contribution is 2.24. The van der Waals surface area contributed by atoms with E-state index in [-0.39, 0.29) is 0 Å². The first-order chi connectivity index (χ1) is 6.22. The number of rotatable bonds is 2. The maximum Gasteiger partial charge on any atom is 0.332 e. The smallest absolute Gasteiger partial charge is 0.332 e. The van der Waals surface area contributed by atoms with Gasteiger partial charge in [0, 0.05) is 5.71 Å². The van der Waals surface area contributed by atoms with Crippen molar-refractivity contribution in [1.82, 2.24) is 5.43 Å². The van der Waals surface area contributed by atoms with Gasteiger partial charge in [0.05, 0.1) is 0 Å². The van der Waals surface area contributed by atoms with E-state index in [4.69, 9.17) is 5.73 Å². The predicted molar refractivity (Wildman–Crippen MR) is 52.4 cm³/mol. The van der Waals surface area contributed by atoms with Crippen molar-refractivity contribution in [1.29, 1.82) is 0 Å². The van der Waals surface area contributed by atoms with Gasteiger partial charge in [-0.05, 0) is 31.6 Å². The van der Waals surface area contributed by atoms with Gasteiger partial charge in [-0.25, -0.2) is 10.2 Å². The molecule has 0 aliphatic heterocycles. The molecule has 0 aromatic heterocycles. The average Bonchev–Trinajstić information content (AvgIpc) is 2.15. The Hall–Kier alpha value is -1.06. The summed E-state index contributed by atoms with van der Waals surface area (Å²) in [5.74, 6) is 0.840. The molecule has 0 heterocycles. The molecule has 0 spiro atoms. The third-order valence-electron chi connectivity index (χ3n) is 2.58. The van der Waals surface area contributed by atoms with Crippen LogP contribution in [0.25, 0.3) is 0 Å². The Balaban J connectivity index is 2.31. The summed E-state index contributed by atoms with van der Waals surface area (Å²) < 4.78 is 0. The SMILES string of the molecule is CCC1CCC(=NNC(N)=O)CC1. The van der Waals surface area contributed by atoms with Crippen LogP contribution in [0.4, 0.5) is 4.79 Å². The number of nitrogens with one attached hydrogen (secondary N) is 1. The van der Waals surface area contributed by atoms with E-state index in [1.54, 1.807) is 0 Å². The summed E-state index contributed by atoms with van der Waals surface area (Å²) in [6.07, 6.45) is 5.62. The number of nitrogens with two attached hydrogens (primary N) is 1. The van der Waals surface area contributed by atoms with E-state index in [1.165, 1.54) is 19.3 Å². The van der Waals surface area contributed by atoms with Crippen LogP contribution >= 0.6 is 0 Å². The first kappa shape index (κ1) is 10.0. The van der Waals surface area contributed by atoms with Crippen LogP contribution in [0.3, 0.4) is 0 Å². The number of hydrazone groups is 1. The predicted octanol–water partition coefficient (Wildman–Crippen LogP) is 1.61. The fourth-order valence-electron chi connectivity index (χ4n) is 1.67. The molecule has 1 rings (SSSR count). The second kappa shape index (κ2) is 4.84. The molecule has 1 fully saturated rings. The molecule has 13 heavy (non-hydrogen) atoms. The van der Waals surface area contributed by atoms with E-state index in [9.17, 15) is 4.79 Å². The van der Waals surface area contributed by atoms with Crippen molar-refractivity contribution < 1.29 is 4.79 Å². The van der Waals surface area contributed by atoms with Crippen molar-refractivity contribution in [3.05, 3.63) is 0 Å². The van der Waals surface area contributed by atoms with Gasteiger partial charge in [-0.15, -0.1) is 0 Å². The number of primary amides is 1. The third-order valence-corrected chi connectivity index (χ3v) is 2.58. The number of amides is 2. The normalized spacial score (nSPS) is 22.5. The van der Waals surface area contributed by atoms with Gasteiger partial charge in [-0.1, -0.05) is 13.3 Å². The fourth-order valence-corrected chi connectivity index (χ4v) is 1.67. The molecule has 1 saturated carbocycles. The minimum atomic E-state index is -0.579. The molecule has 74 valence electrons. The third kappa shape index (κ3) is 3.44. The van der Waals surface area contributed by atoms with Crippen LogP contribution < -0.4 is 11.2 Å². The molecule has 0 aromatic carbocycles. The molecule has 4 heteroatoms. The van der Waals surface area contributed by atoms with Crippen molar-refractivity contribution in [2.45, 2.75) is 39.0 Å². The standard InChI is InChI=1S/C9H17N3O/c1-2-7-3-5-8(6-4-7)11-12-9(10)13/h7H,2-6H2,1H3,(H3,10,12,13).